The van der Waals surface area contributed by atoms with E-state index in [1.54, 1.807) is 32.9 Å². The topological polar surface area (TPSA) is 167 Å². The van der Waals surface area contributed by atoms with Crippen molar-refractivity contribution in [2.24, 2.45) is 5.92 Å². The van der Waals surface area contributed by atoms with Crippen molar-refractivity contribution in [3.63, 3.8) is 0 Å². The Labute approximate surface area is 291 Å². The molecule has 1 saturated carbocycles. The van der Waals surface area contributed by atoms with Gasteiger partial charge in [0.2, 0.25) is 11.8 Å². The molecule has 5 rings (SSSR count). The third kappa shape index (κ3) is 8.36. The van der Waals surface area contributed by atoms with Crippen molar-refractivity contribution in [1.82, 2.24) is 30.7 Å². The number of fused-ring (bicyclic) bond motifs is 3. The van der Waals surface area contributed by atoms with Crippen molar-refractivity contribution >= 4 is 35.9 Å². The van der Waals surface area contributed by atoms with Gasteiger partial charge in [0, 0.05) is 38.5 Å². The summed E-state index contributed by atoms with van der Waals surface area (Å²) in [5.74, 6) is -2.71. The van der Waals surface area contributed by atoms with Crippen molar-refractivity contribution < 1.29 is 42.6 Å². The number of alkyl carbamates (subject to hydrolysis) is 1. The molecule has 2 fully saturated rings. The van der Waals surface area contributed by atoms with Crippen molar-refractivity contribution in [1.29, 1.82) is 0 Å². The number of nitrogens with one attached hydrogen (secondary N) is 3. The van der Waals surface area contributed by atoms with Gasteiger partial charge in [-0.3, -0.25) is 24.6 Å². The number of rotatable bonds is 3. The fourth-order valence-electron chi connectivity index (χ4n) is 6.66. The summed E-state index contributed by atoms with van der Waals surface area (Å²) in [6.07, 6.45) is 4.63. The minimum Gasteiger partial charge on any atom is -0.444 e. The monoisotopic (exact) mass is 698 g/mol. The fraction of sp³-hybridized carbons (Fsp3) is 0.600. The molecule has 0 radical (unpaired) electrons. The molecule has 272 valence electrons. The van der Waals surface area contributed by atoms with Gasteiger partial charge in [-0.25, -0.2) is 18.8 Å². The molecule has 7 amide bonds. The fourth-order valence-corrected chi connectivity index (χ4v) is 6.66. The molecule has 3 aliphatic heterocycles. The Morgan fingerprint density at radius 2 is 1.84 bits per heavy atom. The standard InChI is InChI=1S/C35H47FN6O8/c1-34(2,3)50-32(47)37-26-15-10-8-6-7-9-13-22-17-35(22,30(45)38-31(46)40(4)5)39-28(43)27-16-23(19-42(27)29(26)44)49-33(48)41-18-21-12-11-14-25(36)24(21)20-41/h9,11-14,22-23,26-27H,6-8,10,15-20H2,1-5H3,(H,37,47)(H,39,43)(H,38,45,46)/t22-,23-,26+,27+,35-/m1/s1. The second kappa shape index (κ2) is 14.7. The van der Waals surface area contributed by atoms with Gasteiger partial charge in [0.05, 0.1) is 13.1 Å². The van der Waals surface area contributed by atoms with E-state index in [0.717, 1.165) is 12.8 Å². The lowest BCUT2D eigenvalue weighted by Gasteiger charge is -2.30. The van der Waals surface area contributed by atoms with Gasteiger partial charge < -0.3 is 29.9 Å². The molecule has 0 bridgehead atoms. The van der Waals surface area contributed by atoms with Crippen molar-refractivity contribution in [2.75, 3.05) is 20.6 Å². The Balaban J connectivity index is 1.40. The summed E-state index contributed by atoms with van der Waals surface area (Å²) >= 11 is 0. The lowest BCUT2D eigenvalue weighted by Crippen LogP contribution is -2.58. The van der Waals surface area contributed by atoms with Crippen molar-refractivity contribution in [3.8, 4) is 0 Å². The molecule has 3 N–H and O–H groups in total. The van der Waals surface area contributed by atoms with Gasteiger partial charge in [-0.15, -0.1) is 0 Å². The van der Waals surface area contributed by atoms with Crippen LogP contribution in [0.5, 0.6) is 0 Å². The van der Waals surface area contributed by atoms with E-state index in [1.165, 1.54) is 34.9 Å². The normalized spacial score (nSPS) is 26.7. The first-order valence-electron chi connectivity index (χ1n) is 17.1. The predicted octanol–water partition coefficient (Wildman–Crippen LogP) is 3.33. The van der Waals surface area contributed by atoms with E-state index in [4.69, 9.17) is 9.47 Å². The van der Waals surface area contributed by atoms with Gasteiger partial charge in [-0.1, -0.05) is 37.1 Å². The molecular formula is C35H47FN6O8. The number of hydrogen-bond acceptors (Lipinski definition) is 8. The molecule has 1 aromatic rings. The van der Waals surface area contributed by atoms with E-state index in [-0.39, 0.29) is 44.8 Å². The zero-order valence-electron chi connectivity index (χ0n) is 29.3. The summed E-state index contributed by atoms with van der Waals surface area (Å²) in [5.41, 5.74) is -1.19. The van der Waals surface area contributed by atoms with Crippen LogP contribution in [0.4, 0.5) is 18.8 Å². The van der Waals surface area contributed by atoms with Gasteiger partial charge in [0.25, 0.3) is 5.91 Å². The van der Waals surface area contributed by atoms with E-state index in [1.807, 2.05) is 12.2 Å². The number of imide groups is 1. The maximum atomic E-state index is 14.4. The van der Waals surface area contributed by atoms with Crippen LogP contribution in [0.1, 0.15) is 76.8 Å². The van der Waals surface area contributed by atoms with Crippen LogP contribution in [0.2, 0.25) is 0 Å². The number of halogens is 1. The smallest absolute Gasteiger partial charge is 0.410 e. The van der Waals surface area contributed by atoms with Crippen LogP contribution in [-0.2, 0) is 36.9 Å². The number of hydrogen-bond donors (Lipinski definition) is 3. The summed E-state index contributed by atoms with van der Waals surface area (Å²) in [5, 5.41) is 7.86. The number of allylic oxidation sites excluding steroid dienone is 1. The first kappa shape index (κ1) is 36.6. The Morgan fingerprint density at radius 1 is 1.08 bits per heavy atom. The quantitative estimate of drug-likeness (QED) is 0.405. The lowest BCUT2D eigenvalue weighted by molar-refractivity contribution is -0.141. The molecule has 1 saturated heterocycles. The van der Waals surface area contributed by atoms with E-state index in [2.05, 4.69) is 16.0 Å². The Kier molecular flexibility index (Phi) is 10.7. The van der Waals surface area contributed by atoms with Gasteiger partial charge in [0.1, 0.15) is 35.1 Å². The zero-order chi connectivity index (χ0) is 36.4. The Hall–Kier alpha value is -4.69. The summed E-state index contributed by atoms with van der Waals surface area (Å²) in [6, 6.07) is 1.76. The highest BCUT2D eigenvalue weighted by Gasteiger charge is 2.61. The molecule has 4 aliphatic rings. The second-order valence-corrected chi connectivity index (χ2v) is 14.7. The molecule has 1 aliphatic carbocycles. The maximum absolute atomic E-state index is 14.4. The third-order valence-electron chi connectivity index (χ3n) is 9.41. The van der Waals surface area contributed by atoms with Gasteiger partial charge in [-0.2, -0.15) is 0 Å². The SMILES string of the molecule is CN(C)C(=O)NC(=O)[C@@]12C[C@H]1C=CCCCCC[C@H](NC(=O)OC(C)(C)C)C(=O)N1C[C@H](OC(=O)N3Cc4cccc(F)c4C3)C[C@H]1C(=O)N2. The van der Waals surface area contributed by atoms with Crippen LogP contribution in [-0.4, -0.2) is 101 Å². The van der Waals surface area contributed by atoms with E-state index < -0.39 is 71.1 Å². The number of ether oxygens (including phenoxy) is 2. The second-order valence-electron chi connectivity index (χ2n) is 14.7. The Bertz CT molecular complexity index is 1560. The number of carbonyl (C=O) groups excluding carboxylic acids is 6. The molecule has 3 heterocycles. The van der Waals surface area contributed by atoms with E-state index in [0.29, 0.717) is 24.0 Å². The highest BCUT2D eigenvalue weighted by atomic mass is 19.1. The first-order valence-corrected chi connectivity index (χ1v) is 17.1. The number of benzene rings is 1. The molecule has 0 aromatic heterocycles. The molecule has 14 nitrogen and oxygen atoms in total. The number of amides is 7. The van der Waals surface area contributed by atoms with Crippen LogP contribution < -0.4 is 16.0 Å². The van der Waals surface area contributed by atoms with Gasteiger partial charge in [-0.05, 0) is 58.1 Å². The van der Waals surface area contributed by atoms with Crippen LogP contribution in [0.15, 0.2) is 30.4 Å². The van der Waals surface area contributed by atoms with E-state index in [9.17, 15) is 33.2 Å². The van der Waals surface area contributed by atoms with E-state index >= 15 is 0 Å². The van der Waals surface area contributed by atoms with Gasteiger partial charge in [0.15, 0.2) is 0 Å². The third-order valence-corrected chi connectivity index (χ3v) is 9.41. The number of nitrogens with zero attached hydrogens (tertiary/aromatic N) is 3. The van der Waals surface area contributed by atoms with Crippen molar-refractivity contribution in [3.05, 3.63) is 47.3 Å². The first-order chi connectivity index (χ1) is 23.6. The molecule has 50 heavy (non-hydrogen) atoms. The molecule has 15 heteroatoms. The summed E-state index contributed by atoms with van der Waals surface area (Å²) in [7, 11) is 2.98. The molecule has 0 unspecified atom stereocenters. The summed E-state index contributed by atoms with van der Waals surface area (Å²) in [6.45, 7) is 5.11. The lowest BCUT2D eigenvalue weighted by atomic mass is 10.0. The minimum atomic E-state index is -1.43. The van der Waals surface area contributed by atoms with Gasteiger partial charge >= 0.3 is 18.2 Å². The molecular weight excluding hydrogens is 651 g/mol. The molecule has 5 atom stereocenters. The number of carbonyl (C=O) groups is 6. The number of urea groups is 1. The summed E-state index contributed by atoms with van der Waals surface area (Å²) in [4.78, 5) is 84.3. The minimum absolute atomic E-state index is 0.0141. The zero-order valence-corrected chi connectivity index (χ0v) is 29.3. The van der Waals surface area contributed by atoms with Crippen molar-refractivity contribution in [2.45, 2.75) is 108 Å². The highest BCUT2D eigenvalue weighted by Crippen LogP contribution is 2.45. The van der Waals surface area contributed by atoms with Crippen LogP contribution in [0, 0.1) is 11.7 Å². The highest BCUT2D eigenvalue weighted by molar-refractivity contribution is 6.04. The Morgan fingerprint density at radius 3 is 2.54 bits per heavy atom. The molecule has 1 aromatic carbocycles. The largest absolute Gasteiger partial charge is 0.444 e. The van der Waals surface area contributed by atoms with Crippen LogP contribution in [0.25, 0.3) is 0 Å². The average molecular weight is 699 g/mol. The maximum Gasteiger partial charge on any atom is 0.410 e. The predicted molar refractivity (Wildman–Crippen MR) is 178 cm³/mol. The average Bonchev–Trinajstić information content (AvgIpc) is 3.33. The van der Waals surface area contributed by atoms with Crippen LogP contribution >= 0.6 is 0 Å². The summed E-state index contributed by atoms with van der Waals surface area (Å²) < 4.78 is 25.6. The van der Waals surface area contributed by atoms with Crippen LogP contribution in [0.3, 0.4) is 0 Å². The molecule has 0 spiro atoms.